The van der Waals surface area contributed by atoms with Crippen molar-refractivity contribution in [2.45, 2.75) is 0 Å². The van der Waals surface area contributed by atoms with Gasteiger partial charge in [0.1, 0.15) is 0 Å². The van der Waals surface area contributed by atoms with E-state index in [-0.39, 0.29) is 39.7 Å². The topological polar surface area (TPSA) is 91.0 Å². The number of hydrogen-bond donors (Lipinski definition) is 2. The maximum atomic E-state index is 12.5. The smallest absolute Gasteiger partial charge is 0.340 e. The van der Waals surface area contributed by atoms with Crippen LogP contribution in [0, 0.1) is 0 Å². The zero-order valence-corrected chi connectivity index (χ0v) is 17.7. The molecule has 0 saturated carbocycles. The molecule has 0 bridgehead atoms. The lowest BCUT2D eigenvalue weighted by Crippen LogP contribution is -2.51. The summed E-state index contributed by atoms with van der Waals surface area (Å²) in [5.41, 5.74) is 0.263. The van der Waals surface area contributed by atoms with E-state index in [2.05, 4.69) is 17.2 Å². The number of nitrogens with one attached hydrogen (secondary N) is 2. The van der Waals surface area contributed by atoms with Crippen molar-refractivity contribution in [3.05, 3.63) is 40.4 Å². The Hall–Kier alpha value is -2.13. The molecule has 2 rings (SSSR count). The summed E-state index contributed by atoms with van der Waals surface area (Å²) in [5, 5.41) is 5.84. The van der Waals surface area contributed by atoms with Crippen LogP contribution in [0.5, 0.6) is 0 Å². The van der Waals surface area contributed by atoms with Gasteiger partial charge in [-0.3, -0.25) is 19.4 Å². The minimum absolute atomic E-state index is 0.0520. The first-order valence-electron chi connectivity index (χ1n) is 9.03. The maximum absolute atomic E-state index is 12.5. The molecule has 8 nitrogen and oxygen atoms in total. The molecule has 0 aromatic heterocycles. The number of carbonyl (C=O) groups is 3. The number of benzene rings is 1. The number of ether oxygens (including phenoxy) is 1. The average Bonchev–Trinajstić information content (AvgIpc) is 2.69. The van der Waals surface area contributed by atoms with Gasteiger partial charge in [0.15, 0.2) is 0 Å². The van der Waals surface area contributed by atoms with Gasteiger partial charge in [0.05, 0.1) is 36.5 Å². The predicted molar refractivity (Wildman–Crippen MR) is 113 cm³/mol. The number of esters is 1. The van der Waals surface area contributed by atoms with E-state index in [9.17, 15) is 14.4 Å². The van der Waals surface area contributed by atoms with E-state index in [0.717, 1.165) is 0 Å². The SMILES string of the molecule is C=CCNC(=O)CN1CCN(CC(=O)Nc2c(Cl)cc(Cl)cc2C(=O)OC)CC1. The van der Waals surface area contributed by atoms with Crippen LogP contribution < -0.4 is 10.6 Å². The van der Waals surface area contributed by atoms with Crippen molar-refractivity contribution in [3.8, 4) is 0 Å². The number of methoxy groups -OCH3 is 1. The number of rotatable bonds is 8. The summed E-state index contributed by atoms with van der Waals surface area (Å²) in [7, 11) is 1.24. The Bertz CT molecular complexity index is 780. The largest absolute Gasteiger partial charge is 0.465 e. The molecule has 29 heavy (non-hydrogen) atoms. The number of piperazine rings is 1. The van der Waals surface area contributed by atoms with Crippen LogP contribution in [0.4, 0.5) is 5.69 Å². The van der Waals surface area contributed by atoms with Crippen LogP contribution in [0.2, 0.25) is 10.0 Å². The third-order valence-corrected chi connectivity index (χ3v) is 4.88. The van der Waals surface area contributed by atoms with Crippen molar-refractivity contribution >= 4 is 46.7 Å². The number of halogens is 2. The van der Waals surface area contributed by atoms with Gasteiger partial charge in [-0.2, -0.15) is 0 Å². The summed E-state index contributed by atoms with van der Waals surface area (Å²) < 4.78 is 4.72. The minimum Gasteiger partial charge on any atom is -0.465 e. The summed E-state index contributed by atoms with van der Waals surface area (Å²) in [5.74, 6) is -1.01. The molecule has 1 fully saturated rings. The molecule has 158 valence electrons. The van der Waals surface area contributed by atoms with Gasteiger partial charge >= 0.3 is 5.97 Å². The van der Waals surface area contributed by atoms with Gasteiger partial charge in [-0.1, -0.05) is 29.3 Å². The molecule has 0 radical (unpaired) electrons. The van der Waals surface area contributed by atoms with Gasteiger partial charge in [0, 0.05) is 37.7 Å². The Balaban J connectivity index is 1.89. The molecule has 1 aliphatic heterocycles. The summed E-state index contributed by atoms with van der Waals surface area (Å²) >= 11 is 12.1. The molecule has 0 aliphatic carbocycles. The standard InChI is InChI=1S/C19H24Cl2N4O4/c1-3-4-22-16(26)11-24-5-7-25(8-6-24)12-17(27)23-18-14(19(28)29-2)9-13(20)10-15(18)21/h3,9-10H,1,4-8,11-12H2,2H3,(H,22,26)(H,23,27). The summed E-state index contributed by atoms with van der Waals surface area (Å²) in [6.07, 6.45) is 1.63. The highest BCUT2D eigenvalue weighted by atomic mass is 35.5. The molecule has 0 unspecified atom stereocenters. The third kappa shape index (κ3) is 7.01. The summed E-state index contributed by atoms with van der Waals surface area (Å²) in [4.78, 5) is 40.2. The Kier molecular flexibility index (Phi) is 8.91. The first-order chi connectivity index (χ1) is 13.8. The Morgan fingerprint density at radius 3 is 2.24 bits per heavy atom. The van der Waals surface area contributed by atoms with Gasteiger partial charge in [-0.25, -0.2) is 4.79 Å². The first kappa shape index (κ1) is 23.2. The zero-order chi connectivity index (χ0) is 21.4. The summed E-state index contributed by atoms with van der Waals surface area (Å²) in [6, 6.07) is 2.84. The second-order valence-corrected chi connectivity index (χ2v) is 7.34. The highest BCUT2D eigenvalue weighted by molar-refractivity contribution is 6.37. The minimum atomic E-state index is -0.645. The van der Waals surface area contributed by atoms with Crippen LogP contribution in [0.15, 0.2) is 24.8 Å². The first-order valence-corrected chi connectivity index (χ1v) is 9.79. The number of amides is 2. The van der Waals surface area contributed by atoms with E-state index < -0.39 is 5.97 Å². The Morgan fingerprint density at radius 2 is 1.69 bits per heavy atom. The monoisotopic (exact) mass is 442 g/mol. The number of nitrogens with zero attached hydrogens (tertiary/aromatic N) is 2. The van der Waals surface area contributed by atoms with E-state index in [0.29, 0.717) is 39.3 Å². The van der Waals surface area contributed by atoms with Gasteiger partial charge in [0.2, 0.25) is 11.8 Å². The van der Waals surface area contributed by atoms with E-state index in [1.165, 1.54) is 19.2 Å². The van der Waals surface area contributed by atoms with Crippen LogP contribution in [-0.4, -0.2) is 80.5 Å². The van der Waals surface area contributed by atoms with Crippen LogP contribution >= 0.6 is 23.2 Å². The highest BCUT2D eigenvalue weighted by Gasteiger charge is 2.23. The van der Waals surface area contributed by atoms with Gasteiger partial charge in [0.25, 0.3) is 0 Å². The number of carbonyl (C=O) groups excluding carboxylic acids is 3. The van der Waals surface area contributed by atoms with Gasteiger partial charge in [-0.15, -0.1) is 6.58 Å². The lowest BCUT2D eigenvalue weighted by atomic mass is 10.1. The molecule has 0 spiro atoms. The predicted octanol–water partition coefficient (Wildman–Crippen LogP) is 1.64. The fourth-order valence-corrected chi connectivity index (χ4v) is 3.44. The fourth-order valence-electron chi connectivity index (χ4n) is 2.90. The fraction of sp³-hybridized carbons (Fsp3) is 0.421. The van der Waals surface area contributed by atoms with E-state index >= 15 is 0 Å². The lowest BCUT2D eigenvalue weighted by molar-refractivity contribution is -0.123. The summed E-state index contributed by atoms with van der Waals surface area (Å²) in [6.45, 7) is 7.08. The second kappa shape index (κ2) is 11.2. The maximum Gasteiger partial charge on any atom is 0.340 e. The van der Waals surface area contributed by atoms with Gasteiger partial charge < -0.3 is 15.4 Å². The van der Waals surface area contributed by atoms with Crippen molar-refractivity contribution in [1.29, 1.82) is 0 Å². The number of hydrogen-bond acceptors (Lipinski definition) is 6. The van der Waals surface area contributed by atoms with Crippen LogP contribution in [-0.2, 0) is 14.3 Å². The molecular formula is C19H24Cl2N4O4. The molecule has 1 aromatic carbocycles. The van der Waals surface area contributed by atoms with Crippen LogP contribution in [0.1, 0.15) is 10.4 Å². The van der Waals surface area contributed by atoms with Crippen molar-refractivity contribution in [3.63, 3.8) is 0 Å². The zero-order valence-electron chi connectivity index (χ0n) is 16.2. The third-order valence-electron chi connectivity index (χ3n) is 4.37. The van der Waals surface area contributed by atoms with Crippen LogP contribution in [0.25, 0.3) is 0 Å². The second-order valence-electron chi connectivity index (χ2n) is 6.49. The van der Waals surface area contributed by atoms with E-state index in [1.54, 1.807) is 6.08 Å². The molecule has 10 heteroatoms. The highest BCUT2D eigenvalue weighted by Crippen LogP contribution is 2.30. The van der Waals surface area contributed by atoms with Crippen molar-refractivity contribution in [2.24, 2.45) is 0 Å². The van der Waals surface area contributed by atoms with E-state index in [4.69, 9.17) is 27.9 Å². The molecule has 1 aromatic rings. The average molecular weight is 443 g/mol. The van der Waals surface area contributed by atoms with Crippen molar-refractivity contribution in [2.75, 3.05) is 58.2 Å². The normalized spacial score (nSPS) is 14.9. The van der Waals surface area contributed by atoms with Crippen molar-refractivity contribution in [1.82, 2.24) is 15.1 Å². The molecule has 1 saturated heterocycles. The molecular weight excluding hydrogens is 419 g/mol. The molecule has 2 amide bonds. The lowest BCUT2D eigenvalue weighted by Gasteiger charge is -2.33. The Labute approximate surface area is 179 Å². The van der Waals surface area contributed by atoms with Crippen LogP contribution in [0.3, 0.4) is 0 Å². The quantitative estimate of drug-likeness (QED) is 0.469. The molecule has 2 N–H and O–H groups in total. The Morgan fingerprint density at radius 1 is 1.10 bits per heavy atom. The van der Waals surface area contributed by atoms with Crippen molar-refractivity contribution < 1.29 is 19.1 Å². The molecule has 0 atom stereocenters. The molecule has 1 heterocycles. The van der Waals surface area contributed by atoms with E-state index in [1.807, 2.05) is 9.80 Å². The molecule has 1 aliphatic rings. The van der Waals surface area contributed by atoms with Gasteiger partial charge in [-0.05, 0) is 12.1 Å². The number of anilines is 1.